The van der Waals surface area contributed by atoms with Crippen LogP contribution < -0.4 is 0 Å². The molecule has 128 valence electrons. The average molecular weight is 329 g/mol. The molecule has 1 fully saturated rings. The third kappa shape index (κ3) is 4.00. The summed E-state index contributed by atoms with van der Waals surface area (Å²) in [7, 11) is 0. The Morgan fingerprint density at radius 3 is 2.92 bits per heavy atom. The molecule has 2 aromatic heterocycles. The predicted molar refractivity (Wildman–Crippen MR) is 88.5 cm³/mol. The molecule has 1 atom stereocenters. The van der Waals surface area contributed by atoms with E-state index in [0.29, 0.717) is 13.1 Å². The highest BCUT2D eigenvalue weighted by atomic mass is 16.5. The third-order valence-electron chi connectivity index (χ3n) is 4.14. The first-order valence-electron chi connectivity index (χ1n) is 8.41. The summed E-state index contributed by atoms with van der Waals surface area (Å²) in [5.41, 5.74) is 1.63. The van der Waals surface area contributed by atoms with Crippen molar-refractivity contribution < 1.29 is 14.1 Å². The number of rotatable bonds is 6. The van der Waals surface area contributed by atoms with Gasteiger partial charge in [0.25, 0.3) is 5.91 Å². The van der Waals surface area contributed by atoms with E-state index in [0.717, 1.165) is 30.8 Å². The van der Waals surface area contributed by atoms with Gasteiger partial charge in [0.2, 0.25) is 5.76 Å². The van der Waals surface area contributed by atoms with Gasteiger partial charge < -0.3 is 14.2 Å². The van der Waals surface area contributed by atoms with Crippen LogP contribution in [0.25, 0.3) is 0 Å². The van der Waals surface area contributed by atoms with E-state index in [4.69, 9.17) is 9.26 Å². The van der Waals surface area contributed by atoms with Crippen molar-refractivity contribution in [2.45, 2.75) is 45.3 Å². The lowest BCUT2D eigenvalue weighted by Gasteiger charge is -2.24. The summed E-state index contributed by atoms with van der Waals surface area (Å²) in [6, 6.07) is 7.42. The van der Waals surface area contributed by atoms with Crippen LogP contribution in [0.3, 0.4) is 0 Å². The van der Waals surface area contributed by atoms with Crippen LogP contribution in [0.2, 0.25) is 0 Å². The summed E-state index contributed by atoms with van der Waals surface area (Å²) in [6.45, 7) is 5.76. The quantitative estimate of drug-likeness (QED) is 0.815. The summed E-state index contributed by atoms with van der Waals surface area (Å²) >= 11 is 0. The molecule has 3 heterocycles. The molecule has 24 heavy (non-hydrogen) atoms. The number of ether oxygens (including phenoxy) is 1. The Bertz CT molecular complexity index is 663. The smallest absolute Gasteiger partial charge is 0.292 e. The third-order valence-corrected chi connectivity index (χ3v) is 4.14. The van der Waals surface area contributed by atoms with E-state index in [1.54, 1.807) is 17.2 Å². The van der Waals surface area contributed by atoms with E-state index < -0.39 is 0 Å². The summed E-state index contributed by atoms with van der Waals surface area (Å²) in [6.07, 6.45) is 3.82. The van der Waals surface area contributed by atoms with E-state index in [9.17, 15) is 4.79 Å². The first kappa shape index (κ1) is 16.6. The highest BCUT2D eigenvalue weighted by Crippen LogP contribution is 2.19. The Labute approximate surface area is 141 Å². The number of aromatic nitrogens is 2. The van der Waals surface area contributed by atoms with E-state index in [1.807, 2.05) is 32.0 Å². The fourth-order valence-corrected chi connectivity index (χ4v) is 2.76. The van der Waals surface area contributed by atoms with Gasteiger partial charge in [0.15, 0.2) is 0 Å². The maximum atomic E-state index is 12.9. The maximum Gasteiger partial charge on any atom is 0.292 e. The maximum absolute atomic E-state index is 12.9. The van der Waals surface area contributed by atoms with Gasteiger partial charge in [-0.25, -0.2) is 0 Å². The van der Waals surface area contributed by atoms with E-state index in [2.05, 4.69) is 10.1 Å². The van der Waals surface area contributed by atoms with Crippen molar-refractivity contribution in [3.05, 3.63) is 47.6 Å². The van der Waals surface area contributed by atoms with Gasteiger partial charge in [0.05, 0.1) is 24.0 Å². The molecular weight excluding hydrogens is 306 g/mol. The zero-order chi connectivity index (χ0) is 16.9. The molecule has 0 aliphatic carbocycles. The average Bonchev–Trinajstić information content (AvgIpc) is 3.26. The van der Waals surface area contributed by atoms with Crippen molar-refractivity contribution in [2.75, 3.05) is 13.2 Å². The standard InChI is InChI=1S/C18H23N3O3/c1-13(2)16-10-17(24-20-16)18(22)21(12-15-7-5-9-23-15)11-14-6-3-4-8-19-14/h3-4,6,8,10,13,15H,5,7,9,11-12H2,1-2H3/t15-/m1/s1. The molecule has 0 spiro atoms. The second-order valence-electron chi connectivity index (χ2n) is 6.41. The molecule has 1 aliphatic rings. The molecule has 1 amide bonds. The Morgan fingerprint density at radius 2 is 2.29 bits per heavy atom. The van der Waals surface area contributed by atoms with E-state index in [1.165, 1.54) is 0 Å². The SMILES string of the molecule is CC(C)c1cc(C(=O)N(Cc2ccccn2)C[C@H]2CCCO2)on1. The van der Waals surface area contributed by atoms with Crippen LogP contribution in [0.15, 0.2) is 35.0 Å². The Hall–Kier alpha value is -2.21. The van der Waals surface area contributed by atoms with Crippen LogP contribution in [-0.2, 0) is 11.3 Å². The van der Waals surface area contributed by atoms with Crippen LogP contribution in [0.5, 0.6) is 0 Å². The van der Waals surface area contributed by atoms with E-state index >= 15 is 0 Å². The van der Waals surface area contributed by atoms with Gasteiger partial charge in [-0.2, -0.15) is 0 Å². The zero-order valence-corrected chi connectivity index (χ0v) is 14.1. The van der Waals surface area contributed by atoms with Crippen molar-refractivity contribution in [3.63, 3.8) is 0 Å². The lowest BCUT2D eigenvalue weighted by Crippen LogP contribution is -2.37. The van der Waals surface area contributed by atoms with Crippen molar-refractivity contribution in [3.8, 4) is 0 Å². The van der Waals surface area contributed by atoms with Gasteiger partial charge in [-0.05, 0) is 30.9 Å². The first-order valence-corrected chi connectivity index (χ1v) is 8.41. The molecule has 6 heteroatoms. The monoisotopic (exact) mass is 329 g/mol. The molecular formula is C18H23N3O3. The fraction of sp³-hybridized carbons (Fsp3) is 0.500. The van der Waals surface area contributed by atoms with Crippen molar-refractivity contribution in [1.82, 2.24) is 15.0 Å². The molecule has 1 saturated heterocycles. The first-order chi connectivity index (χ1) is 11.6. The van der Waals surface area contributed by atoms with Crippen LogP contribution >= 0.6 is 0 Å². The van der Waals surface area contributed by atoms with Gasteiger partial charge in [-0.1, -0.05) is 25.1 Å². The van der Waals surface area contributed by atoms with E-state index in [-0.39, 0.29) is 23.7 Å². The topological polar surface area (TPSA) is 68.5 Å². The normalized spacial score (nSPS) is 17.4. The number of amides is 1. The number of hydrogen-bond donors (Lipinski definition) is 0. The molecule has 0 unspecified atom stereocenters. The molecule has 3 rings (SSSR count). The van der Waals surface area contributed by atoms with Gasteiger partial charge >= 0.3 is 0 Å². The minimum atomic E-state index is -0.171. The largest absolute Gasteiger partial charge is 0.376 e. The summed E-state index contributed by atoms with van der Waals surface area (Å²) in [5, 5.41) is 3.99. The van der Waals surface area contributed by atoms with Crippen molar-refractivity contribution in [1.29, 1.82) is 0 Å². The molecule has 2 aromatic rings. The fourth-order valence-electron chi connectivity index (χ4n) is 2.76. The van der Waals surface area contributed by atoms with Gasteiger partial charge in [-0.3, -0.25) is 9.78 Å². The van der Waals surface area contributed by atoms with Gasteiger partial charge in [0.1, 0.15) is 0 Å². The zero-order valence-electron chi connectivity index (χ0n) is 14.1. The highest BCUT2D eigenvalue weighted by Gasteiger charge is 2.26. The number of nitrogens with zero attached hydrogens (tertiary/aromatic N) is 3. The van der Waals surface area contributed by atoms with Crippen molar-refractivity contribution >= 4 is 5.91 Å². The predicted octanol–water partition coefficient (Wildman–Crippen LogP) is 3.01. The molecule has 0 saturated carbocycles. The molecule has 0 bridgehead atoms. The van der Waals surface area contributed by atoms with Crippen LogP contribution in [0.4, 0.5) is 0 Å². The lowest BCUT2D eigenvalue weighted by molar-refractivity contribution is 0.0474. The Morgan fingerprint density at radius 1 is 1.42 bits per heavy atom. The summed E-state index contributed by atoms with van der Waals surface area (Å²) in [5.74, 6) is 0.320. The minimum Gasteiger partial charge on any atom is -0.376 e. The molecule has 0 aromatic carbocycles. The second-order valence-corrected chi connectivity index (χ2v) is 6.41. The minimum absolute atomic E-state index is 0.0742. The summed E-state index contributed by atoms with van der Waals surface area (Å²) < 4.78 is 11.0. The molecule has 0 radical (unpaired) electrons. The number of carbonyl (C=O) groups is 1. The highest BCUT2D eigenvalue weighted by molar-refractivity contribution is 5.91. The number of carbonyl (C=O) groups excluding carboxylic acids is 1. The number of pyridine rings is 1. The Kier molecular flexibility index (Phi) is 5.25. The van der Waals surface area contributed by atoms with Crippen molar-refractivity contribution in [2.24, 2.45) is 0 Å². The van der Waals surface area contributed by atoms with Gasteiger partial charge in [-0.15, -0.1) is 0 Å². The Balaban J connectivity index is 1.77. The van der Waals surface area contributed by atoms with Crippen LogP contribution in [-0.4, -0.2) is 40.2 Å². The van der Waals surface area contributed by atoms with Crippen LogP contribution in [0, 0.1) is 0 Å². The second kappa shape index (κ2) is 7.57. The summed E-state index contributed by atoms with van der Waals surface area (Å²) in [4.78, 5) is 18.9. The molecule has 1 aliphatic heterocycles. The van der Waals surface area contributed by atoms with Gasteiger partial charge in [0, 0.05) is 25.4 Å². The van der Waals surface area contributed by atoms with Crippen LogP contribution in [0.1, 0.15) is 54.5 Å². The lowest BCUT2D eigenvalue weighted by atomic mass is 10.1. The number of hydrogen-bond acceptors (Lipinski definition) is 5. The molecule has 6 nitrogen and oxygen atoms in total. The molecule has 0 N–H and O–H groups in total.